The molecule has 0 radical (unpaired) electrons. The molecule has 1 N–H and O–H groups in total. The zero-order valence-corrected chi connectivity index (χ0v) is 19.5. The molecule has 0 spiro atoms. The van der Waals surface area contributed by atoms with Crippen molar-refractivity contribution in [1.82, 2.24) is 10.2 Å². The predicted octanol–water partition coefficient (Wildman–Crippen LogP) is 6.83. The van der Waals surface area contributed by atoms with Gasteiger partial charge in [-0.2, -0.15) is 0 Å². The second-order valence-electron chi connectivity index (χ2n) is 6.82. The average molecular weight is 450 g/mol. The van der Waals surface area contributed by atoms with Gasteiger partial charge in [-0.1, -0.05) is 50.4 Å². The van der Waals surface area contributed by atoms with Crippen molar-refractivity contribution in [1.29, 1.82) is 0 Å². The first kappa shape index (κ1) is 27.3. The zero-order valence-electron chi connectivity index (χ0n) is 17.1. The lowest BCUT2D eigenvalue weighted by atomic mass is 10.2. The van der Waals surface area contributed by atoms with E-state index in [4.69, 9.17) is 16.0 Å². The lowest BCUT2D eigenvalue weighted by molar-refractivity contribution is 0.260. The summed E-state index contributed by atoms with van der Waals surface area (Å²) in [5, 5.41) is 4.22. The van der Waals surface area contributed by atoms with Crippen molar-refractivity contribution in [3.8, 4) is 11.3 Å². The van der Waals surface area contributed by atoms with Crippen molar-refractivity contribution in [3.05, 3.63) is 47.2 Å². The maximum atomic E-state index is 6.24. The summed E-state index contributed by atoms with van der Waals surface area (Å²) in [6, 6.07) is 11.8. The number of unbranched alkanes of at least 4 members (excludes halogenated alkanes) is 2. The topological polar surface area (TPSA) is 28.4 Å². The first-order valence-electron chi connectivity index (χ1n) is 10.0. The molecule has 160 valence electrons. The monoisotopic (exact) mass is 448 g/mol. The summed E-state index contributed by atoms with van der Waals surface area (Å²) in [4.78, 5) is 2.61. The highest BCUT2D eigenvalue weighted by atomic mass is 35.5. The van der Waals surface area contributed by atoms with Gasteiger partial charge in [0.2, 0.25) is 0 Å². The van der Waals surface area contributed by atoms with E-state index in [2.05, 4.69) is 24.1 Å². The SMILES string of the molecule is CCCCN(CCCC)CCCNCc1ccc(-c2ccccc2Cl)o1.Cl.Cl. The number of furan rings is 1. The predicted molar refractivity (Wildman–Crippen MR) is 126 cm³/mol. The van der Waals surface area contributed by atoms with Crippen LogP contribution in [0.15, 0.2) is 40.8 Å². The van der Waals surface area contributed by atoms with Crippen LogP contribution in [0.2, 0.25) is 5.02 Å². The Hall–Kier alpha value is -0.710. The molecule has 0 amide bonds. The molecule has 0 atom stereocenters. The van der Waals surface area contributed by atoms with Crippen molar-refractivity contribution in [2.75, 3.05) is 26.2 Å². The summed E-state index contributed by atoms with van der Waals surface area (Å²) >= 11 is 6.24. The van der Waals surface area contributed by atoms with Crippen LogP contribution in [0.25, 0.3) is 11.3 Å². The van der Waals surface area contributed by atoms with E-state index in [-0.39, 0.29) is 24.8 Å². The van der Waals surface area contributed by atoms with Gasteiger partial charge in [0.25, 0.3) is 0 Å². The Balaban J connectivity index is 0.00000364. The molecular weight excluding hydrogens is 415 g/mol. The molecular formula is C22H35Cl3N2O. The highest BCUT2D eigenvalue weighted by Gasteiger charge is 2.08. The molecule has 2 rings (SSSR count). The molecule has 6 heteroatoms. The molecule has 2 aromatic rings. The van der Waals surface area contributed by atoms with Crippen LogP contribution in [-0.4, -0.2) is 31.1 Å². The standard InChI is InChI=1S/C22H33ClN2O.2ClH/c1-3-5-15-25(16-6-4-2)17-9-14-24-18-19-12-13-22(26-19)20-10-7-8-11-21(20)23;;/h7-8,10-13,24H,3-6,9,14-18H2,1-2H3;2*1H. The van der Waals surface area contributed by atoms with Crippen LogP contribution in [0.4, 0.5) is 0 Å². The Morgan fingerprint density at radius 2 is 1.54 bits per heavy atom. The van der Waals surface area contributed by atoms with E-state index >= 15 is 0 Å². The van der Waals surface area contributed by atoms with Crippen molar-refractivity contribution in [2.24, 2.45) is 0 Å². The van der Waals surface area contributed by atoms with Gasteiger partial charge in [0.1, 0.15) is 11.5 Å². The van der Waals surface area contributed by atoms with Gasteiger partial charge in [0, 0.05) is 5.56 Å². The Morgan fingerprint density at radius 3 is 2.18 bits per heavy atom. The fourth-order valence-electron chi connectivity index (χ4n) is 3.02. The lowest BCUT2D eigenvalue weighted by Crippen LogP contribution is -2.29. The largest absolute Gasteiger partial charge is 0.460 e. The van der Waals surface area contributed by atoms with E-state index in [1.807, 2.05) is 36.4 Å². The van der Waals surface area contributed by atoms with Crippen molar-refractivity contribution in [3.63, 3.8) is 0 Å². The molecule has 1 heterocycles. The van der Waals surface area contributed by atoms with E-state index in [9.17, 15) is 0 Å². The van der Waals surface area contributed by atoms with Gasteiger partial charge < -0.3 is 14.6 Å². The second-order valence-corrected chi connectivity index (χ2v) is 7.23. The Kier molecular flexibility index (Phi) is 15.7. The van der Waals surface area contributed by atoms with Crippen LogP contribution < -0.4 is 5.32 Å². The number of nitrogens with zero attached hydrogens (tertiary/aromatic N) is 1. The molecule has 0 saturated heterocycles. The quantitative estimate of drug-likeness (QED) is 0.340. The third-order valence-electron chi connectivity index (χ3n) is 4.58. The third-order valence-corrected chi connectivity index (χ3v) is 4.91. The van der Waals surface area contributed by atoms with Crippen LogP contribution in [0.1, 0.15) is 51.7 Å². The third kappa shape index (κ3) is 9.67. The molecule has 0 bridgehead atoms. The van der Waals surface area contributed by atoms with Gasteiger partial charge >= 0.3 is 0 Å². The van der Waals surface area contributed by atoms with Gasteiger partial charge in [-0.25, -0.2) is 0 Å². The van der Waals surface area contributed by atoms with Crippen LogP contribution >= 0.6 is 36.4 Å². The van der Waals surface area contributed by atoms with E-state index in [1.165, 1.54) is 51.7 Å². The smallest absolute Gasteiger partial charge is 0.135 e. The highest BCUT2D eigenvalue weighted by Crippen LogP contribution is 2.28. The maximum Gasteiger partial charge on any atom is 0.135 e. The molecule has 0 aliphatic carbocycles. The molecule has 0 aliphatic heterocycles. The summed E-state index contributed by atoms with van der Waals surface area (Å²) in [5.74, 6) is 1.78. The molecule has 3 nitrogen and oxygen atoms in total. The molecule has 0 aliphatic rings. The van der Waals surface area contributed by atoms with Crippen molar-refractivity contribution < 1.29 is 4.42 Å². The lowest BCUT2D eigenvalue weighted by Gasteiger charge is -2.21. The highest BCUT2D eigenvalue weighted by molar-refractivity contribution is 6.33. The van der Waals surface area contributed by atoms with Gasteiger partial charge in [0.05, 0.1) is 11.6 Å². The van der Waals surface area contributed by atoms with Crippen LogP contribution in [-0.2, 0) is 6.54 Å². The molecule has 28 heavy (non-hydrogen) atoms. The number of benzene rings is 1. The fraction of sp³-hybridized carbons (Fsp3) is 0.545. The van der Waals surface area contributed by atoms with E-state index < -0.39 is 0 Å². The number of rotatable bonds is 13. The van der Waals surface area contributed by atoms with Crippen LogP contribution in [0.3, 0.4) is 0 Å². The summed E-state index contributed by atoms with van der Waals surface area (Å²) in [6.07, 6.45) is 6.31. The molecule has 0 fully saturated rings. The van der Waals surface area contributed by atoms with Crippen LogP contribution in [0, 0.1) is 0 Å². The summed E-state index contributed by atoms with van der Waals surface area (Å²) < 4.78 is 5.93. The number of hydrogen-bond acceptors (Lipinski definition) is 3. The number of halogens is 3. The minimum Gasteiger partial charge on any atom is -0.460 e. The van der Waals surface area contributed by atoms with Crippen molar-refractivity contribution >= 4 is 36.4 Å². The van der Waals surface area contributed by atoms with Crippen molar-refractivity contribution in [2.45, 2.75) is 52.5 Å². The van der Waals surface area contributed by atoms with E-state index in [0.29, 0.717) is 0 Å². The van der Waals surface area contributed by atoms with Gasteiger partial charge in [0.15, 0.2) is 0 Å². The fourth-order valence-corrected chi connectivity index (χ4v) is 3.25. The summed E-state index contributed by atoms with van der Waals surface area (Å²) in [6.45, 7) is 9.94. The molecule has 1 aromatic carbocycles. The normalized spacial score (nSPS) is 10.6. The van der Waals surface area contributed by atoms with E-state index in [0.717, 1.165) is 35.2 Å². The maximum absolute atomic E-state index is 6.24. The number of hydrogen-bond donors (Lipinski definition) is 1. The van der Waals surface area contributed by atoms with Gasteiger partial charge in [-0.3, -0.25) is 0 Å². The first-order chi connectivity index (χ1) is 12.7. The average Bonchev–Trinajstić information content (AvgIpc) is 3.12. The molecule has 1 aromatic heterocycles. The minimum absolute atomic E-state index is 0. The summed E-state index contributed by atoms with van der Waals surface area (Å²) in [7, 11) is 0. The van der Waals surface area contributed by atoms with E-state index in [1.54, 1.807) is 0 Å². The Labute approximate surface area is 188 Å². The molecule has 0 unspecified atom stereocenters. The zero-order chi connectivity index (χ0) is 18.6. The molecule has 0 saturated carbocycles. The minimum atomic E-state index is 0. The van der Waals surface area contributed by atoms with Gasteiger partial charge in [-0.05, 0) is 69.7 Å². The number of nitrogens with one attached hydrogen (secondary N) is 1. The Morgan fingerprint density at radius 1 is 0.893 bits per heavy atom. The summed E-state index contributed by atoms with van der Waals surface area (Å²) in [5.41, 5.74) is 0.947. The Bertz CT molecular complexity index is 626. The van der Waals surface area contributed by atoms with Gasteiger partial charge in [-0.15, -0.1) is 24.8 Å². The second kappa shape index (κ2) is 16.1. The van der Waals surface area contributed by atoms with Crippen LogP contribution in [0.5, 0.6) is 0 Å². The first-order valence-corrected chi connectivity index (χ1v) is 10.4.